The molecule has 7 nitrogen and oxygen atoms in total. The maximum Gasteiger partial charge on any atom is 0.239 e. The Balaban J connectivity index is 2.09. The van der Waals surface area contributed by atoms with Crippen LogP contribution >= 0.6 is 0 Å². The highest BCUT2D eigenvalue weighted by atomic mass is 16.5. The molecule has 1 aliphatic heterocycles. The Morgan fingerprint density at radius 2 is 2.33 bits per heavy atom. The molecule has 0 aliphatic carbocycles. The van der Waals surface area contributed by atoms with Crippen LogP contribution in [0, 0.1) is 6.92 Å². The average Bonchev–Trinajstić information content (AvgIpc) is 2.37. The molecule has 2 rings (SSSR count). The van der Waals surface area contributed by atoms with Crippen molar-refractivity contribution >= 4 is 11.7 Å². The molecule has 7 heteroatoms. The lowest BCUT2D eigenvalue weighted by molar-refractivity contribution is -0.133. The standard InChI is InChI=1S/C14H23N5O2/c1-9(2)16-14(20)11-8-21-5-4-19(11)7-13-17-10(3)6-12(15)18-13/h6,9,11H,4-5,7-8H2,1-3H3,(H,16,20)(H2,15,17,18). The van der Waals surface area contributed by atoms with Gasteiger partial charge in [0.1, 0.15) is 17.7 Å². The first-order chi connectivity index (χ1) is 9.95. The molecule has 3 N–H and O–H groups in total. The Morgan fingerprint density at radius 3 is 3.00 bits per heavy atom. The first-order valence-corrected chi connectivity index (χ1v) is 7.18. The van der Waals surface area contributed by atoms with E-state index in [4.69, 9.17) is 10.5 Å². The van der Waals surface area contributed by atoms with Gasteiger partial charge in [0.2, 0.25) is 5.91 Å². The van der Waals surface area contributed by atoms with Gasteiger partial charge >= 0.3 is 0 Å². The number of carbonyl (C=O) groups is 1. The number of ether oxygens (including phenoxy) is 1. The van der Waals surface area contributed by atoms with Crippen LogP contribution in [0.1, 0.15) is 25.4 Å². The molecule has 1 fully saturated rings. The summed E-state index contributed by atoms with van der Waals surface area (Å²) in [5, 5.41) is 2.92. The number of nitrogens with two attached hydrogens (primary N) is 1. The summed E-state index contributed by atoms with van der Waals surface area (Å²) in [4.78, 5) is 22.9. The van der Waals surface area contributed by atoms with Crippen molar-refractivity contribution in [3.63, 3.8) is 0 Å². The number of nitrogen functional groups attached to an aromatic ring is 1. The molecule has 0 aromatic carbocycles. The molecule has 1 aromatic heterocycles. The maximum absolute atomic E-state index is 12.2. The zero-order chi connectivity index (χ0) is 15.4. The van der Waals surface area contributed by atoms with E-state index < -0.39 is 0 Å². The molecule has 0 radical (unpaired) electrons. The fraction of sp³-hybridized carbons (Fsp3) is 0.643. The van der Waals surface area contributed by atoms with Crippen LogP contribution in [0.4, 0.5) is 5.82 Å². The molecule has 1 atom stereocenters. The highest BCUT2D eigenvalue weighted by molar-refractivity contribution is 5.82. The second kappa shape index (κ2) is 6.82. The largest absolute Gasteiger partial charge is 0.384 e. The number of nitrogens with one attached hydrogen (secondary N) is 1. The SMILES string of the molecule is Cc1cc(N)nc(CN2CCOCC2C(=O)NC(C)C)n1. The van der Waals surface area contributed by atoms with E-state index in [1.54, 1.807) is 6.07 Å². The minimum atomic E-state index is -0.313. The lowest BCUT2D eigenvalue weighted by Crippen LogP contribution is -2.54. The molecule has 1 amide bonds. The normalized spacial score (nSPS) is 19.7. The number of morpholine rings is 1. The van der Waals surface area contributed by atoms with Gasteiger partial charge in [0.15, 0.2) is 0 Å². The number of nitrogens with zero attached hydrogens (tertiary/aromatic N) is 3. The minimum absolute atomic E-state index is 0.0228. The molecular formula is C14H23N5O2. The van der Waals surface area contributed by atoms with Crippen molar-refractivity contribution in [2.45, 2.75) is 39.4 Å². The predicted octanol–water partition coefficient (Wildman–Crippen LogP) is 0.0926. The summed E-state index contributed by atoms with van der Waals surface area (Å²) in [6.45, 7) is 7.92. The summed E-state index contributed by atoms with van der Waals surface area (Å²) in [6.07, 6.45) is 0. The topological polar surface area (TPSA) is 93.4 Å². The summed E-state index contributed by atoms with van der Waals surface area (Å²) >= 11 is 0. The van der Waals surface area contributed by atoms with Crippen LogP contribution in [0.2, 0.25) is 0 Å². The molecule has 0 saturated carbocycles. The third kappa shape index (κ3) is 4.37. The number of anilines is 1. The van der Waals surface area contributed by atoms with Gasteiger partial charge in [-0.05, 0) is 20.8 Å². The van der Waals surface area contributed by atoms with Gasteiger partial charge in [-0.2, -0.15) is 0 Å². The van der Waals surface area contributed by atoms with E-state index in [0.29, 0.717) is 37.9 Å². The van der Waals surface area contributed by atoms with Crippen LogP contribution in [-0.2, 0) is 16.1 Å². The lowest BCUT2D eigenvalue weighted by atomic mass is 10.2. The monoisotopic (exact) mass is 293 g/mol. The molecular weight excluding hydrogens is 270 g/mol. The Morgan fingerprint density at radius 1 is 1.57 bits per heavy atom. The number of aryl methyl sites for hydroxylation is 1. The molecule has 2 heterocycles. The Bertz CT molecular complexity index is 486. The molecule has 1 unspecified atom stereocenters. The first kappa shape index (κ1) is 15.7. The lowest BCUT2D eigenvalue weighted by Gasteiger charge is -2.34. The summed E-state index contributed by atoms with van der Waals surface area (Å²) in [5.74, 6) is 1.07. The fourth-order valence-electron chi connectivity index (χ4n) is 2.36. The quantitative estimate of drug-likeness (QED) is 0.817. The van der Waals surface area contributed by atoms with E-state index in [0.717, 1.165) is 5.69 Å². The van der Waals surface area contributed by atoms with Gasteiger partial charge in [0, 0.05) is 24.3 Å². The average molecular weight is 293 g/mol. The molecule has 1 aliphatic rings. The predicted molar refractivity (Wildman–Crippen MR) is 79.5 cm³/mol. The van der Waals surface area contributed by atoms with Gasteiger partial charge in [0.25, 0.3) is 0 Å². The molecule has 1 aromatic rings. The molecule has 0 bridgehead atoms. The van der Waals surface area contributed by atoms with Crippen LogP contribution in [-0.4, -0.2) is 52.6 Å². The van der Waals surface area contributed by atoms with Crippen molar-refractivity contribution in [1.29, 1.82) is 0 Å². The molecule has 0 spiro atoms. The van der Waals surface area contributed by atoms with Crippen LogP contribution in [0.25, 0.3) is 0 Å². The summed E-state index contributed by atoms with van der Waals surface area (Å²) in [5.41, 5.74) is 6.58. The number of hydrogen-bond acceptors (Lipinski definition) is 6. The zero-order valence-corrected chi connectivity index (χ0v) is 12.8. The molecule has 116 valence electrons. The van der Waals surface area contributed by atoms with Gasteiger partial charge in [-0.3, -0.25) is 9.69 Å². The summed E-state index contributed by atoms with van der Waals surface area (Å²) in [7, 11) is 0. The Hall–Kier alpha value is -1.73. The highest BCUT2D eigenvalue weighted by Crippen LogP contribution is 2.12. The van der Waals surface area contributed by atoms with E-state index in [1.165, 1.54) is 0 Å². The van der Waals surface area contributed by atoms with Crippen LogP contribution in [0.15, 0.2) is 6.07 Å². The van der Waals surface area contributed by atoms with Gasteiger partial charge in [-0.1, -0.05) is 0 Å². The number of amides is 1. The van der Waals surface area contributed by atoms with Gasteiger partial charge in [0.05, 0.1) is 19.8 Å². The van der Waals surface area contributed by atoms with Crippen LogP contribution in [0.5, 0.6) is 0 Å². The van der Waals surface area contributed by atoms with Crippen molar-refractivity contribution in [3.05, 3.63) is 17.6 Å². The Labute approximate surface area is 124 Å². The summed E-state index contributed by atoms with van der Waals surface area (Å²) < 4.78 is 5.43. The third-order valence-electron chi connectivity index (χ3n) is 3.24. The second-order valence-corrected chi connectivity index (χ2v) is 5.57. The van der Waals surface area contributed by atoms with Crippen molar-refractivity contribution in [1.82, 2.24) is 20.2 Å². The van der Waals surface area contributed by atoms with E-state index in [9.17, 15) is 4.79 Å². The van der Waals surface area contributed by atoms with Crippen molar-refractivity contribution in [3.8, 4) is 0 Å². The first-order valence-electron chi connectivity index (χ1n) is 7.18. The van der Waals surface area contributed by atoms with E-state index >= 15 is 0 Å². The third-order valence-corrected chi connectivity index (χ3v) is 3.24. The van der Waals surface area contributed by atoms with Crippen LogP contribution < -0.4 is 11.1 Å². The minimum Gasteiger partial charge on any atom is -0.384 e. The number of rotatable bonds is 4. The van der Waals surface area contributed by atoms with Gasteiger partial charge in [-0.25, -0.2) is 9.97 Å². The molecule has 21 heavy (non-hydrogen) atoms. The van der Waals surface area contributed by atoms with Crippen molar-refractivity contribution < 1.29 is 9.53 Å². The smallest absolute Gasteiger partial charge is 0.239 e. The van der Waals surface area contributed by atoms with E-state index in [-0.39, 0.29) is 18.0 Å². The highest BCUT2D eigenvalue weighted by Gasteiger charge is 2.30. The van der Waals surface area contributed by atoms with Crippen LogP contribution in [0.3, 0.4) is 0 Å². The number of aromatic nitrogens is 2. The summed E-state index contributed by atoms with van der Waals surface area (Å²) in [6, 6.07) is 1.52. The van der Waals surface area contributed by atoms with Gasteiger partial charge < -0.3 is 15.8 Å². The maximum atomic E-state index is 12.2. The van der Waals surface area contributed by atoms with Crippen molar-refractivity contribution in [2.24, 2.45) is 0 Å². The van der Waals surface area contributed by atoms with Crippen molar-refractivity contribution in [2.75, 3.05) is 25.5 Å². The number of carbonyl (C=O) groups excluding carboxylic acids is 1. The molecule has 1 saturated heterocycles. The van der Waals surface area contributed by atoms with E-state index in [1.807, 2.05) is 25.7 Å². The Kier molecular flexibility index (Phi) is 5.08. The number of hydrogen-bond donors (Lipinski definition) is 2. The zero-order valence-electron chi connectivity index (χ0n) is 12.8. The van der Waals surface area contributed by atoms with Gasteiger partial charge in [-0.15, -0.1) is 0 Å². The van der Waals surface area contributed by atoms with E-state index in [2.05, 4.69) is 15.3 Å². The second-order valence-electron chi connectivity index (χ2n) is 5.57. The fourth-order valence-corrected chi connectivity index (χ4v) is 2.36.